The van der Waals surface area contributed by atoms with Crippen molar-refractivity contribution in [3.05, 3.63) is 0 Å². The zero-order chi connectivity index (χ0) is 8.85. The second-order valence-corrected chi connectivity index (χ2v) is 6.24. The molecule has 3 unspecified atom stereocenters. The van der Waals surface area contributed by atoms with Crippen LogP contribution in [-0.2, 0) is 0 Å². The number of hydrogen-bond acceptors (Lipinski definition) is 0. The highest BCUT2D eigenvalue weighted by molar-refractivity contribution is 7.57. The Morgan fingerprint density at radius 2 is 1.82 bits per heavy atom. The molecule has 0 radical (unpaired) electrons. The molecule has 0 aliphatic carbocycles. The van der Waals surface area contributed by atoms with E-state index in [0.29, 0.717) is 0 Å². The Labute approximate surface area is 72.8 Å². The average molecular weight is 174 g/mol. The minimum Gasteiger partial charge on any atom is -0.122 e. The van der Waals surface area contributed by atoms with E-state index in [0.717, 1.165) is 11.6 Å². The summed E-state index contributed by atoms with van der Waals surface area (Å²) in [7, 11) is -0.154. The van der Waals surface area contributed by atoms with Crippen molar-refractivity contribution in [1.82, 2.24) is 0 Å². The van der Waals surface area contributed by atoms with E-state index < -0.39 is 0 Å². The van der Waals surface area contributed by atoms with Gasteiger partial charge in [-0.25, -0.2) is 0 Å². The van der Waals surface area contributed by atoms with Crippen molar-refractivity contribution in [2.24, 2.45) is 5.92 Å². The fourth-order valence-corrected chi connectivity index (χ4v) is 3.88. The Bertz CT molecular complexity index is 127. The summed E-state index contributed by atoms with van der Waals surface area (Å²) in [4.78, 5) is 0. The van der Waals surface area contributed by atoms with E-state index in [4.69, 9.17) is 0 Å². The third-order valence-corrected chi connectivity index (χ3v) is 5.87. The number of rotatable bonds is 4. The summed E-state index contributed by atoms with van der Waals surface area (Å²) in [6, 6.07) is 0. The predicted molar refractivity (Wildman–Crippen MR) is 59.5 cm³/mol. The summed E-state index contributed by atoms with van der Waals surface area (Å²) < 4.78 is 0. The van der Waals surface area contributed by atoms with E-state index in [9.17, 15) is 0 Å². The molecule has 0 aromatic rings. The maximum absolute atomic E-state index is 2.44. The molecule has 0 spiro atoms. The Kier molecular flexibility index (Phi) is 6.05. The monoisotopic (exact) mass is 174 g/mol. The Balaban J connectivity index is 4.15. The first-order chi connectivity index (χ1) is 5.17. The van der Waals surface area contributed by atoms with Gasteiger partial charge in [0.05, 0.1) is 0 Å². The molecule has 0 aromatic heterocycles. The lowest BCUT2D eigenvalue weighted by molar-refractivity contribution is 0.521. The Morgan fingerprint density at radius 3 is 2.09 bits per heavy atom. The summed E-state index contributed by atoms with van der Waals surface area (Å²) >= 11 is 0. The maximum Gasteiger partial charge on any atom is -0.0218 e. The van der Waals surface area contributed by atoms with Crippen LogP contribution in [0.15, 0.2) is 0 Å². The van der Waals surface area contributed by atoms with Gasteiger partial charge in [0.1, 0.15) is 0 Å². The summed E-state index contributed by atoms with van der Waals surface area (Å²) in [5, 5.41) is 0. The van der Waals surface area contributed by atoms with Gasteiger partial charge >= 0.3 is 0 Å². The van der Waals surface area contributed by atoms with Crippen LogP contribution in [0.2, 0.25) is 0 Å². The average Bonchev–Trinajstić information content (AvgIpc) is 2.05. The zero-order valence-corrected chi connectivity index (χ0v) is 9.65. The Hall–Kier alpha value is 0.300. The van der Waals surface area contributed by atoms with Gasteiger partial charge in [-0.15, -0.1) is 7.55 Å². The number of hydrogen-bond donors (Lipinski definition) is 0. The zero-order valence-electron chi connectivity index (χ0n) is 8.65. The van der Waals surface area contributed by atoms with Gasteiger partial charge in [0.25, 0.3) is 0 Å². The van der Waals surface area contributed by atoms with Gasteiger partial charge in [-0.3, -0.25) is 0 Å². The van der Waals surface area contributed by atoms with Crippen LogP contribution in [0, 0.1) is 5.92 Å². The first-order valence-corrected chi connectivity index (χ1v) is 6.95. The van der Waals surface area contributed by atoms with Crippen LogP contribution in [0.25, 0.3) is 0 Å². The van der Waals surface area contributed by atoms with Gasteiger partial charge in [-0.2, -0.15) is 0 Å². The van der Waals surface area contributed by atoms with Crippen LogP contribution in [0.3, 0.4) is 0 Å². The summed E-state index contributed by atoms with van der Waals surface area (Å²) in [5.41, 5.74) is 0.995. The van der Waals surface area contributed by atoms with Crippen molar-refractivity contribution in [1.29, 1.82) is 0 Å². The van der Waals surface area contributed by atoms with Gasteiger partial charge in [0.2, 0.25) is 0 Å². The van der Waals surface area contributed by atoms with E-state index in [1.165, 1.54) is 12.8 Å². The molecular formula is C10H23P. The SMILES string of the molecule is C/C=[PH](/C)C(CC)C(C)CC. The van der Waals surface area contributed by atoms with Gasteiger partial charge in [-0.05, 0) is 31.6 Å². The standard InChI is InChI=1S/C10H23P/c1-6-9(4)10(7-2)11(5)8-3/h8-11H,6-7H2,1-5H3. The van der Waals surface area contributed by atoms with Crippen LogP contribution >= 0.6 is 7.55 Å². The van der Waals surface area contributed by atoms with E-state index in [1.54, 1.807) is 0 Å². The highest BCUT2D eigenvalue weighted by atomic mass is 31.1. The smallest absolute Gasteiger partial charge is 0.0218 e. The summed E-state index contributed by atoms with van der Waals surface area (Å²) in [5.74, 6) is 3.36. The molecule has 68 valence electrons. The van der Waals surface area contributed by atoms with Crippen molar-refractivity contribution in [3.63, 3.8) is 0 Å². The van der Waals surface area contributed by atoms with E-state index in [2.05, 4.69) is 40.2 Å². The normalized spacial score (nSPS) is 19.7. The van der Waals surface area contributed by atoms with Crippen molar-refractivity contribution < 1.29 is 0 Å². The van der Waals surface area contributed by atoms with E-state index in [-0.39, 0.29) is 7.55 Å². The van der Waals surface area contributed by atoms with Gasteiger partial charge in [-0.1, -0.05) is 33.0 Å². The fraction of sp³-hybridized carbons (Fsp3) is 0.900. The van der Waals surface area contributed by atoms with Crippen LogP contribution in [0.5, 0.6) is 0 Å². The van der Waals surface area contributed by atoms with Crippen LogP contribution in [0.4, 0.5) is 0 Å². The summed E-state index contributed by atoms with van der Waals surface area (Å²) in [6.07, 6.45) is 2.71. The van der Waals surface area contributed by atoms with Crippen molar-refractivity contribution in [2.75, 3.05) is 6.66 Å². The minimum absolute atomic E-state index is 0.154. The lowest BCUT2D eigenvalue weighted by Gasteiger charge is -2.22. The molecule has 0 rings (SSSR count). The predicted octanol–water partition coefficient (Wildman–Crippen LogP) is 3.48. The second-order valence-electron chi connectivity index (χ2n) is 3.43. The largest absolute Gasteiger partial charge is 0.122 e. The van der Waals surface area contributed by atoms with Crippen molar-refractivity contribution in [2.45, 2.75) is 46.2 Å². The molecule has 11 heavy (non-hydrogen) atoms. The van der Waals surface area contributed by atoms with E-state index >= 15 is 0 Å². The molecule has 0 nitrogen and oxygen atoms in total. The maximum atomic E-state index is 2.44. The lowest BCUT2D eigenvalue weighted by Crippen LogP contribution is -2.12. The van der Waals surface area contributed by atoms with Crippen molar-refractivity contribution in [3.8, 4) is 0 Å². The molecule has 3 atom stereocenters. The van der Waals surface area contributed by atoms with Gasteiger partial charge in [0.15, 0.2) is 0 Å². The molecular weight excluding hydrogens is 151 g/mol. The van der Waals surface area contributed by atoms with Gasteiger partial charge in [0, 0.05) is 0 Å². The van der Waals surface area contributed by atoms with Crippen molar-refractivity contribution >= 4 is 13.3 Å². The molecule has 0 amide bonds. The van der Waals surface area contributed by atoms with Gasteiger partial charge < -0.3 is 0 Å². The first-order valence-electron chi connectivity index (χ1n) is 4.80. The summed E-state index contributed by atoms with van der Waals surface area (Å²) in [6.45, 7) is 11.7. The molecule has 0 fully saturated rings. The fourth-order valence-electron chi connectivity index (χ4n) is 1.67. The van der Waals surface area contributed by atoms with Crippen LogP contribution < -0.4 is 0 Å². The Morgan fingerprint density at radius 1 is 1.27 bits per heavy atom. The molecule has 0 aliphatic heterocycles. The topological polar surface area (TPSA) is 0 Å². The molecule has 0 N–H and O–H groups in total. The molecule has 1 heteroatoms. The molecule has 0 heterocycles. The third kappa shape index (κ3) is 3.47. The van der Waals surface area contributed by atoms with Crippen LogP contribution in [-0.4, -0.2) is 18.1 Å². The molecule has 0 bridgehead atoms. The highest BCUT2D eigenvalue weighted by Crippen LogP contribution is 2.34. The highest BCUT2D eigenvalue weighted by Gasteiger charge is 2.13. The quantitative estimate of drug-likeness (QED) is 0.572. The minimum atomic E-state index is -0.154. The molecule has 0 aromatic carbocycles. The second kappa shape index (κ2) is 5.89. The van der Waals surface area contributed by atoms with E-state index in [1.807, 2.05) is 0 Å². The lowest BCUT2D eigenvalue weighted by atomic mass is 10.0. The molecule has 0 saturated carbocycles. The third-order valence-electron chi connectivity index (χ3n) is 2.81. The van der Waals surface area contributed by atoms with Crippen LogP contribution in [0.1, 0.15) is 40.5 Å². The molecule has 0 saturated heterocycles. The molecule has 0 aliphatic rings. The first kappa shape index (κ1) is 11.3.